The summed E-state index contributed by atoms with van der Waals surface area (Å²) >= 11 is 0. The van der Waals surface area contributed by atoms with Crippen LogP contribution in [0.25, 0.3) is 0 Å². The van der Waals surface area contributed by atoms with Crippen LogP contribution in [0, 0.1) is 5.92 Å². The van der Waals surface area contributed by atoms with Crippen molar-refractivity contribution in [2.75, 3.05) is 45.9 Å². The lowest BCUT2D eigenvalue weighted by Crippen LogP contribution is -2.49. The predicted octanol–water partition coefficient (Wildman–Crippen LogP) is 2.82. The van der Waals surface area contributed by atoms with Crippen LogP contribution in [0.4, 0.5) is 4.79 Å². The number of rotatable bonds is 5. The Morgan fingerprint density at radius 1 is 1.17 bits per heavy atom. The fourth-order valence-corrected chi connectivity index (χ4v) is 3.93. The average molecular weight is 418 g/mol. The number of hydrogen-bond acceptors (Lipinski definition) is 5. The molecule has 2 aliphatic rings. The number of likely N-dealkylation sites (tertiary alicyclic amines) is 1. The van der Waals surface area contributed by atoms with Gasteiger partial charge < -0.3 is 19.7 Å². The zero-order chi connectivity index (χ0) is 21.6. The molecule has 1 aromatic rings. The van der Waals surface area contributed by atoms with Crippen molar-refractivity contribution in [2.24, 2.45) is 5.92 Å². The molecule has 0 aliphatic carbocycles. The molecule has 0 saturated carbocycles. The summed E-state index contributed by atoms with van der Waals surface area (Å²) in [4.78, 5) is 29.6. The van der Waals surface area contributed by atoms with Gasteiger partial charge in [0.2, 0.25) is 5.91 Å². The van der Waals surface area contributed by atoms with Gasteiger partial charge >= 0.3 is 6.09 Å². The summed E-state index contributed by atoms with van der Waals surface area (Å²) in [5, 5.41) is 3.26. The number of morpholine rings is 1. The molecule has 2 saturated heterocycles. The van der Waals surface area contributed by atoms with Crippen molar-refractivity contribution >= 4 is 12.0 Å². The van der Waals surface area contributed by atoms with Gasteiger partial charge in [-0.25, -0.2) is 4.79 Å². The highest BCUT2D eigenvalue weighted by atomic mass is 16.6. The number of ether oxygens (including phenoxy) is 2. The number of piperidine rings is 1. The first-order valence-corrected chi connectivity index (χ1v) is 11.0. The number of benzene rings is 1. The molecule has 2 heterocycles. The summed E-state index contributed by atoms with van der Waals surface area (Å²) in [6.45, 7) is 10.5. The molecule has 0 bridgehead atoms. The average Bonchev–Trinajstić information content (AvgIpc) is 2.73. The quantitative estimate of drug-likeness (QED) is 0.798. The Hall–Kier alpha value is -2.12. The molecule has 1 aromatic carbocycles. The molecule has 0 aromatic heterocycles. The van der Waals surface area contributed by atoms with E-state index in [-0.39, 0.29) is 24.0 Å². The van der Waals surface area contributed by atoms with Gasteiger partial charge in [-0.3, -0.25) is 9.69 Å². The molecular formula is C23H35N3O4. The van der Waals surface area contributed by atoms with Crippen LogP contribution < -0.4 is 5.32 Å². The lowest BCUT2D eigenvalue weighted by molar-refractivity contribution is -0.127. The van der Waals surface area contributed by atoms with Crippen LogP contribution in [-0.2, 0) is 14.3 Å². The van der Waals surface area contributed by atoms with Gasteiger partial charge in [0.1, 0.15) is 5.60 Å². The molecule has 0 unspecified atom stereocenters. The van der Waals surface area contributed by atoms with E-state index < -0.39 is 5.60 Å². The second kappa shape index (κ2) is 10.3. The van der Waals surface area contributed by atoms with Crippen molar-refractivity contribution in [2.45, 2.75) is 45.3 Å². The second-order valence-electron chi connectivity index (χ2n) is 9.15. The van der Waals surface area contributed by atoms with Crippen LogP contribution in [0.3, 0.4) is 0 Å². The normalized spacial score (nSPS) is 21.7. The topological polar surface area (TPSA) is 71.1 Å². The van der Waals surface area contributed by atoms with Gasteiger partial charge in [-0.1, -0.05) is 30.3 Å². The molecule has 0 radical (unpaired) electrons. The Morgan fingerprint density at radius 3 is 2.53 bits per heavy atom. The van der Waals surface area contributed by atoms with E-state index >= 15 is 0 Å². The number of hydrogen-bond donors (Lipinski definition) is 1. The molecule has 2 fully saturated rings. The smallest absolute Gasteiger partial charge is 0.410 e. The zero-order valence-corrected chi connectivity index (χ0v) is 18.4. The minimum atomic E-state index is -0.539. The van der Waals surface area contributed by atoms with Crippen LogP contribution in [0.15, 0.2) is 30.3 Å². The highest BCUT2D eigenvalue weighted by Crippen LogP contribution is 2.22. The lowest BCUT2D eigenvalue weighted by atomic mass is 9.96. The Morgan fingerprint density at radius 2 is 1.87 bits per heavy atom. The standard InChI is InChI=1S/C23H35N3O4/c1-23(2,3)30-22(28)26-11-7-10-19(16-26)21(27)24-20(18-8-5-4-6-9-18)17-25-12-14-29-15-13-25/h4-6,8-9,19-20H,7,10-17H2,1-3H3,(H,24,27)/t19-,20+/m0/s1. The summed E-state index contributed by atoms with van der Waals surface area (Å²) in [5.74, 6) is -0.215. The largest absolute Gasteiger partial charge is 0.444 e. The minimum Gasteiger partial charge on any atom is -0.444 e. The van der Waals surface area contributed by atoms with E-state index in [1.165, 1.54) is 0 Å². The molecule has 7 heteroatoms. The minimum absolute atomic E-state index is 0.00497. The van der Waals surface area contributed by atoms with Crippen LogP contribution in [-0.4, -0.2) is 73.3 Å². The molecule has 2 atom stereocenters. The van der Waals surface area contributed by atoms with E-state index in [9.17, 15) is 9.59 Å². The molecule has 2 aliphatic heterocycles. The van der Waals surface area contributed by atoms with Gasteiger partial charge in [0.15, 0.2) is 0 Å². The Labute approximate surface area is 179 Å². The van der Waals surface area contributed by atoms with Gasteiger partial charge in [0.05, 0.1) is 25.2 Å². The number of carbonyl (C=O) groups excluding carboxylic acids is 2. The molecule has 2 amide bonds. The number of amides is 2. The second-order valence-corrected chi connectivity index (χ2v) is 9.15. The summed E-state index contributed by atoms with van der Waals surface area (Å²) in [7, 11) is 0. The summed E-state index contributed by atoms with van der Waals surface area (Å²) in [6, 6.07) is 10.0. The van der Waals surface area contributed by atoms with Crippen LogP contribution in [0.5, 0.6) is 0 Å². The zero-order valence-electron chi connectivity index (χ0n) is 18.4. The fourth-order valence-electron chi connectivity index (χ4n) is 3.93. The molecular weight excluding hydrogens is 382 g/mol. The van der Waals surface area contributed by atoms with Gasteiger partial charge in [0, 0.05) is 32.7 Å². The van der Waals surface area contributed by atoms with Crippen molar-refractivity contribution in [1.29, 1.82) is 0 Å². The first-order valence-electron chi connectivity index (χ1n) is 11.0. The van der Waals surface area contributed by atoms with Gasteiger partial charge in [-0.2, -0.15) is 0 Å². The maximum absolute atomic E-state index is 13.1. The Kier molecular flexibility index (Phi) is 7.72. The van der Waals surface area contributed by atoms with E-state index in [1.54, 1.807) is 4.90 Å². The summed E-state index contributed by atoms with van der Waals surface area (Å²) in [6.07, 6.45) is 1.24. The highest BCUT2D eigenvalue weighted by Gasteiger charge is 2.32. The van der Waals surface area contributed by atoms with Crippen molar-refractivity contribution in [3.63, 3.8) is 0 Å². The fraction of sp³-hybridized carbons (Fsp3) is 0.652. The lowest BCUT2D eigenvalue weighted by Gasteiger charge is -2.35. The molecule has 166 valence electrons. The van der Waals surface area contributed by atoms with Gasteiger partial charge in [-0.05, 0) is 39.2 Å². The van der Waals surface area contributed by atoms with Crippen LogP contribution in [0.2, 0.25) is 0 Å². The van der Waals surface area contributed by atoms with E-state index in [0.29, 0.717) is 13.1 Å². The molecule has 30 heavy (non-hydrogen) atoms. The molecule has 3 rings (SSSR count). The Balaban J connectivity index is 1.63. The molecule has 0 spiro atoms. The predicted molar refractivity (Wildman–Crippen MR) is 115 cm³/mol. The number of nitrogens with one attached hydrogen (secondary N) is 1. The van der Waals surface area contributed by atoms with E-state index in [0.717, 1.165) is 51.3 Å². The van der Waals surface area contributed by atoms with Crippen LogP contribution in [0.1, 0.15) is 45.2 Å². The third-order valence-corrected chi connectivity index (χ3v) is 5.51. The molecule has 7 nitrogen and oxygen atoms in total. The monoisotopic (exact) mass is 417 g/mol. The third-order valence-electron chi connectivity index (χ3n) is 5.51. The van der Waals surface area contributed by atoms with E-state index in [4.69, 9.17) is 9.47 Å². The van der Waals surface area contributed by atoms with Crippen molar-refractivity contribution in [3.05, 3.63) is 35.9 Å². The van der Waals surface area contributed by atoms with Crippen molar-refractivity contribution < 1.29 is 19.1 Å². The first kappa shape index (κ1) is 22.6. The van der Waals surface area contributed by atoms with Crippen molar-refractivity contribution in [1.82, 2.24) is 15.1 Å². The van der Waals surface area contributed by atoms with Gasteiger partial charge in [0.25, 0.3) is 0 Å². The van der Waals surface area contributed by atoms with E-state index in [1.807, 2.05) is 39.0 Å². The first-order chi connectivity index (χ1) is 14.3. The third kappa shape index (κ3) is 6.71. The molecule has 1 N–H and O–H groups in total. The SMILES string of the molecule is CC(C)(C)OC(=O)N1CCC[C@H](C(=O)N[C@H](CN2CCOCC2)c2ccccc2)C1. The van der Waals surface area contributed by atoms with Crippen molar-refractivity contribution in [3.8, 4) is 0 Å². The van der Waals surface area contributed by atoms with Gasteiger partial charge in [-0.15, -0.1) is 0 Å². The van der Waals surface area contributed by atoms with Crippen LogP contribution >= 0.6 is 0 Å². The Bertz CT molecular complexity index is 698. The summed E-state index contributed by atoms with van der Waals surface area (Å²) in [5.41, 5.74) is 0.556. The highest BCUT2D eigenvalue weighted by molar-refractivity contribution is 5.80. The summed E-state index contributed by atoms with van der Waals surface area (Å²) < 4.78 is 10.9. The van der Waals surface area contributed by atoms with E-state index in [2.05, 4.69) is 22.3 Å². The maximum Gasteiger partial charge on any atom is 0.410 e. The number of nitrogens with zero attached hydrogens (tertiary/aromatic N) is 2. The number of carbonyl (C=O) groups is 2. The maximum atomic E-state index is 13.1.